The van der Waals surface area contributed by atoms with E-state index >= 15 is 0 Å². The van der Waals surface area contributed by atoms with Crippen LogP contribution in [0.5, 0.6) is 0 Å². The molecule has 266 valence electrons. The summed E-state index contributed by atoms with van der Waals surface area (Å²) in [6, 6.07) is 53.9. The fourth-order valence-corrected chi connectivity index (χ4v) is 7.76. The van der Waals surface area contributed by atoms with E-state index in [1.54, 1.807) is 0 Å². The molecular formula is C51H35N3O2. The summed E-state index contributed by atoms with van der Waals surface area (Å²) < 4.78 is 13.7. The molecule has 0 unspecified atom stereocenters. The summed E-state index contributed by atoms with van der Waals surface area (Å²) in [6.45, 7) is 0. The van der Waals surface area contributed by atoms with E-state index in [0.717, 1.165) is 107 Å². The molecule has 1 aliphatic carbocycles. The summed E-state index contributed by atoms with van der Waals surface area (Å²) in [7, 11) is 0. The van der Waals surface area contributed by atoms with Gasteiger partial charge in [0.25, 0.3) is 0 Å². The van der Waals surface area contributed by atoms with Gasteiger partial charge in [-0.25, -0.2) is 9.98 Å². The third-order valence-corrected chi connectivity index (χ3v) is 10.5. The Bertz CT molecular complexity index is 3070. The number of para-hydroxylation sites is 2. The van der Waals surface area contributed by atoms with E-state index < -0.39 is 0 Å². The van der Waals surface area contributed by atoms with Gasteiger partial charge in [-0.3, -0.25) is 5.41 Å². The standard InChI is InChI=1S/C51H35N3O2/c52-50(35-20-9-3-10-21-35)54-51(36-22-11-4-12-23-36)53-32-37-28-29-42(41-26-15-25-40-39-24-13-14-27-45(39)55-47(40)41)49-46(37)44-31-38(33-16-5-1-6-17-33)30-43(48(44)56-49)34-18-7-2-8-19-34/h1-2,4-9,11-32,52H,3,10H2. The molecule has 0 fully saturated rings. The highest BCUT2D eigenvalue weighted by atomic mass is 16.3. The minimum absolute atomic E-state index is 0.185. The number of furan rings is 2. The zero-order valence-corrected chi connectivity index (χ0v) is 30.4. The maximum absolute atomic E-state index is 8.90. The van der Waals surface area contributed by atoms with Gasteiger partial charge in [-0.2, -0.15) is 0 Å². The quantitative estimate of drug-likeness (QED) is 0.137. The maximum atomic E-state index is 8.90. The Labute approximate surface area is 323 Å². The number of nitrogens with zero attached hydrogens (tertiary/aromatic N) is 2. The van der Waals surface area contributed by atoms with Crippen LogP contribution in [0.2, 0.25) is 0 Å². The Morgan fingerprint density at radius 1 is 0.554 bits per heavy atom. The molecule has 10 rings (SSSR count). The zero-order valence-electron chi connectivity index (χ0n) is 30.4. The lowest BCUT2D eigenvalue weighted by molar-refractivity contribution is 0.665. The van der Waals surface area contributed by atoms with Crippen LogP contribution in [-0.4, -0.2) is 17.9 Å². The highest BCUT2D eigenvalue weighted by Crippen LogP contribution is 2.45. The first-order valence-corrected chi connectivity index (χ1v) is 18.9. The van der Waals surface area contributed by atoms with Crippen molar-refractivity contribution in [3.8, 4) is 33.4 Å². The molecule has 0 aliphatic heterocycles. The number of hydrogen-bond acceptors (Lipinski definition) is 3. The van der Waals surface area contributed by atoms with Crippen LogP contribution >= 0.6 is 0 Å². The van der Waals surface area contributed by atoms with Gasteiger partial charge >= 0.3 is 0 Å². The monoisotopic (exact) mass is 721 g/mol. The molecule has 0 saturated heterocycles. The van der Waals surface area contributed by atoms with Crippen LogP contribution in [-0.2, 0) is 0 Å². The second-order valence-electron chi connectivity index (χ2n) is 14.0. The van der Waals surface area contributed by atoms with E-state index in [1.807, 2.05) is 73.0 Å². The van der Waals surface area contributed by atoms with Crippen LogP contribution in [0.15, 0.2) is 200 Å². The molecule has 1 N–H and O–H groups in total. The molecular weight excluding hydrogens is 687 g/mol. The van der Waals surface area contributed by atoms with E-state index in [1.165, 1.54) is 0 Å². The number of fused-ring (bicyclic) bond motifs is 6. The van der Waals surface area contributed by atoms with Gasteiger partial charge in [-0.1, -0.05) is 152 Å². The Hall–Kier alpha value is -7.37. The van der Waals surface area contributed by atoms with Crippen molar-refractivity contribution in [1.29, 1.82) is 5.41 Å². The maximum Gasteiger partial charge on any atom is 0.161 e. The van der Waals surface area contributed by atoms with Crippen LogP contribution in [0.25, 0.3) is 77.3 Å². The summed E-state index contributed by atoms with van der Waals surface area (Å²) in [6.07, 6.45) is 9.85. The summed E-state index contributed by atoms with van der Waals surface area (Å²) in [4.78, 5) is 9.84. The fraction of sp³-hybridized carbons (Fsp3) is 0.0392. The minimum atomic E-state index is 0.185. The second-order valence-corrected chi connectivity index (χ2v) is 14.0. The number of hydrogen-bond donors (Lipinski definition) is 1. The average molecular weight is 722 g/mol. The number of allylic oxidation sites excluding steroid dienone is 2. The predicted molar refractivity (Wildman–Crippen MR) is 232 cm³/mol. The van der Waals surface area contributed by atoms with Gasteiger partial charge in [0.1, 0.15) is 22.3 Å². The van der Waals surface area contributed by atoms with Gasteiger partial charge in [-0.15, -0.1) is 0 Å². The molecule has 9 aromatic rings. The Balaban J connectivity index is 1.25. The molecule has 0 spiro atoms. The molecule has 0 atom stereocenters. The van der Waals surface area contributed by atoms with Gasteiger partial charge in [0, 0.05) is 61.1 Å². The Morgan fingerprint density at radius 2 is 1.25 bits per heavy atom. The summed E-state index contributed by atoms with van der Waals surface area (Å²) in [5, 5.41) is 12.9. The molecule has 0 amide bonds. The lowest BCUT2D eigenvalue weighted by atomic mass is 9.93. The van der Waals surface area contributed by atoms with Crippen LogP contribution in [0.1, 0.15) is 24.0 Å². The average Bonchev–Trinajstić information content (AvgIpc) is 3.85. The number of aliphatic imine (C=N–C) groups is 2. The fourth-order valence-electron chi connectivity index (χ4n) is 7.76. The molecule has 2 aromatic heterocycles. The number of amidine groups is 2. The van der Waals surface area contributed by atoms with E-state index in [4.69, 9.17) is 24.2 Å². The molecule has 0 bridgehead atoms. The minimum Gasteiger partial charge on any atom is -0.455 e. The van der Waals surface area contributed by atoms with Crippen molar-refractivity contribution in [2.75, 3.05) is 0 Å². The smallest absolute Gasteiger partial charge is 0.161 e. The molecule has 0 saturated carbocycles. The first-order chi connectivity index (χ1) is 27.7. The van der Waals surface area contributed by atoms with Gasteiger partial charge in [-0.05, 0) is 53.8 Å². The highest BCUT2D eigenvalue weighted by molar-refractivity contribution is 6.22. The van der Waals surface area contributed by atoms with Crippen LogP contribution in [0.4, 0.5) is 0 Å². The van der Waals surface area contributed by atoms with Crippen molar-refractivity contribution in [1.82, 2.24) is 0 Å². The largest absolute Gasteiger partial charge is 0.455 e. The molecule has 7 aromatic carbocycles. The van der Waals surface area contributed by atoms with Crippen molar-refractivity contribution < 1.29 is 8.83 Å². The lowest BCUT2D eigenvalue weighted by Crippen LogP contribution is -2.05. The lowest BCUT2D eigenvalue weighted by Gasteiger charge is -2.09. The third-order valence-electron chi connectivity index (χ3n) is 10.5. The third kappa shape index (κ3) is 5.96. The number of benzene rings is 7. The SMILES string of the molecule is N=C(N=C(N=Cc1ccc(-c2cccc3c2oc2ccccc23)c2oc3c(-c4ccccc4)cc(-c4ccccc4)cc3c12)c1ccccc1)C1=CCCC=C1. The van der Waals surface area contributed by atoms with Gasteiger partial charge in [0.2, 0.25) is 0 Å². The predicted octanol–water partition coefficient (Wildman–Crippen LogP) is 13.6. The van der Waals surface area contributed by atoms with Crippen molar-refractivity contribution in [2.24, 2.45) is 9.98 Å². The van der Waals surface area contributed by atoms with Crippen LogP contribution in [0, 0.1) is 5.41 Å². The summed E-state index contributed by atoms with van der Waals surface area (Å²) in [5.41, 5.74) is 11.8. The molecule has 0 radical (unpaired) electrons. The molecule has 5 heteroatoms. The van der Waals surface area contributed by atoms with E-state index in [0.29, 0.717) is 5.84 Å². The molecule has 5 nitrogen and oxygen atoms in total. The second kappa shape index (κ2) is 14.1. The van der Waals surface area contributed by atoms with Gasteiger partial charge < -0.3 is 8.83 Å². The first-order valence-electron chi connectivity index (χ1n) is 18.9. The van der Waals surface area contributed by atoms with Crippen LogP contribution < -0.4 is 0 Å². The summed E-state index contributed by atoms with van der Waals surface area (Å²) in [5.74, 6) is 0.646. The first kappa shape index (κ1) is 33.2. The van der Waals surface area contributed by atoms with Crippen molar-refractivity contribution in [3.63, 3.8) is 0 Å². The van der Waals surface area contributed by atoms with E-state index in [9.17, 15) is 0 Å². The number of rotatable bonds is 6. The highest BCUT2D eigenvalue weighted by Gasteiger charge is 2.22. The molecule has 1 aliphatic rings. The van der Waals surface area contributed by atoms with Gasteiger partial charge in [0.15, 0.2) is 11.7 Å². The normalized spacial score (nSPS) is 13.4. The van der Waals surface area contributed by atoms with Crippen molar-refractivity contribution >= 4 is 61.8 Å². The van der Waals surface area contributed by atoms with E-state index in [-0.39, 0.29) is 5.84 Å². The Kier molecular flexibility index (Phi) is 8.38. The van der Waals surface area contributed by atoms with E-state index in [2.05, 4.69) is 109 Å². The molecule has 2 heterocycles. The van der Waals surface area contributed by atoms with Crippen LogP contribution in [0.3, 0.4) is 0 Å². The zero-order chi connectivity index (χ0) is 37.4. The Morgan fingerprint density at radius 3 is 2.04 bits per heavy atom. The van der Waals surface area contributed by atoms with Crippen molar-refractivity contribution in [2.45, 2.75) is 12.8 Å². The summed E-state index contributed by atoms with van der Waals surface area (Å²) >= 11 is 0. The van der Waals surface area contributed by atoms with Gasteiger partial charge in [0.05, 0.1) is 0 Å². The number of nitrogens with one attached hydrogen (secondary N) is 1. The molecule has 56 heavy (non-hydrogen) atoms. The van der Waals surface area contributed by atoms with Crippen molar-refractivity contribution in [3.05, 3.63) is 193 Å². The topological polar surface area (TPSA) is 74.8 Å².